The molecule has 1 aliphatic rings. The fraction of sp³-hybridized carbons (Fsp3) is 0.320. The average Bonchev–Trinajstić information content (AvgIpc) is 3.40. The van der Waals surface area contributed by atoms with Crippen molar-refractivity contribution >= 4 is 16.9 Å². The molecule has 1 amide bonds. The molecule has 1 atom stereocenters. The van der Waals surface area contributed by atoms with E-state index in [2.05, 4.69) is 4.98 Å². The summed E-state index contributed by atoms with van der Waals surface area (Å²) in [5.41, 5.74) is 2.31. The number of piperidine rings is 1. The highest BCUT2D eigenvalue weighted by Gasteiger charge is 2.28. The summed E-state index contributed by atoms with van der Waals surface area (Å²) in [4.78, 5) is 32.0. The fourth-order valence-electron chi connectivity index (χ4n) is 4.55. The molecule has 5 rings (SSSR count). The van der Waals surface area contributed by atoms with Gasteiger partial charge in [0.2, 0.25) is 5.91 Å². The first-order chi connectivity index (χ1) is 16.0. The number of imidazole rings is 1. The molecule has 0 radical (unpaired) electrons. The topological polar surface area (TPSA) is 73.3 Å². The van der Waals surface area contributed by atoms with Crippen molar-refractivity contribution in [3.05, 3.63) is 88.2 Å². The molecule has 1 saturated heterocycles. The highest BCUT2D eigenvalue weighted by atomic mass is 19.1. The number of carbonyl (C=O) groups excluding carboxylic acids is 1. The number of carbonyl (C=O) groups is 1. The van der Waals surface area contributed by atoms with Crippen LogP contribution < -0.4 is 5.69 Å². The van der Waals surface area contributed by atoms with Crippen molar-refractivity contribution in [3.63, 3.8) is 0 Å². The van der Waals surface area contributed by atoms with E-state index in [0.29, 0.717) is 31.2 Å². The molecule has 170 valence electrons. The Balaban J connectivity index is 1.28. The number of benzene rings is 2. The second-order valence-electron chi connectivity index (χ2n) is 8.56. The van der Waals surface area contributed by atoms with E-state index in [-0.39, 0.29) is 29.9 Å². The Morgan fingerprint density at radius 3 is 2.70 bits per heavy atom. The molecular weight excluding hydrogens is 423 g/mol. The molecule has 7 nitrogen and oxygen atoms in total. The van der Waals surface area contributed by atoms with Gasteiger partial charge in [0.1, 0.15) is 18.1 Å². The quantitative estimate of drug-likeness (QED) is 0.469. The van der Waals surface area contributed by atoms with E-state index in [1.807, 2.05) is 24.3 Å². The number of fused-ring (bicyclic) bond motifs is 1. The van der Waals surface area contributed by atoms with E-state index in [1.54, 1.807) is 34.8 Å². The van der Waals surface area contributed by atoms with Crippen LogP contribution in [0.3, 0.4) is 0 Å². The first-order valence-corrected chi connectivity index (χ1v) is 11.1. The van der Waals surface area contributed by atoms with Crippen molar-refractivity contribution in [2.45, 2.75) is 31.7 Å². The minimum atomic E-state index is -0.269. The Morgan fingerprint density at radius 1 is 1.15 bits per heavy atom. The molecule has 3 heterocycles. The number of hydrogen-bond acceptors (Lipinski definition) is 4. The van der Waals surface area contributed by atoms with E-state index in [1.165, 1.54) is 16.7 Å². The van der Waals surface area contributed by atoms with E-state index in [0.717, 1.165) is 29.4 Å². The molecule has 1 unspecified atom stereocenters. The predicted octanol–water partition coefficient (Wildman–Crippen LogP) is 3.46. The van der Waals surface area contributed by atoms with Crippen LogP contribution in [0.1, 0.15) is 36.0 Å². The zero-order valence-corrected chi connectivity index (χ0v) is 18.4. The van der Waals surface area contributed by atoms with Crippen molar-refractivity contribution < 1.29 is 13.6 Å². The van der Waals surface area contributed by atoms with E-state index >= 15 is 0 Å². The third-order valence-electron chi connectivity index (χ3n) is 6.33. The van der Waals surface area contributed by atoms with Crippen LogP contribution in [0, 0.1) is 5.82 Å². The van der Waals surface area contributed by atoms with Gasteiger partial charge in [-0.25, -0.2) is 14.2 Å². The maximum Gasteiger partial charge on any atom is 0.329 e. The van der Waals surface area contributed by atoms with Gasteiger partial charge in [-0.2, -0.15) is 0 Å². The lowest BCUT2D eigenvalue weighted by Gasteiger charge is -2.31. The Morgan fingerprint density at radius 2 is 1.91 bits per heavy atom. The van der Waals surface area contributed by atoms with E-state index in [9.17, 15) is 14.0 Å². The molecule has 0 N–H and O–H groups in total. The Bertz CT molecular complexity index is 1350. The Hall–Kier alpha value is -3.68. The van der Waals surface area contributed by atoms with E-state index < -0.39 is 0 Å². The number of aryl methyl sites for hydroxylation is 1. The molecule has 0 bridgehead atoms. The summed E-state index contributed by atoms with van der Waals surface area (Å²) in [6.45, 7) is 1.17. The van der Waals surface area contributed by atoms with Gasteiger partial charge in [0.15, 0.2) is 5.89 Å². The molecule has 0 aliphatic carbocycles. The second-order valence-corrected chi connectivity index (χ2v) is 8.56. The summed E-state index contributed by atoms with van der Waals surface area (Å²) in [5, 5.41) is 0. The van der Waals surface area contributed by atoms with Crippen LogP contribution in [0.4, 0.5) is 4.39 Å². The molecule has 0 saturated carbocycles. The molecule has 33 heavy (non-hydrogen) atoms. The number of hydrogen-bond donors (Lipinski definition) is 0. The molecule has 2 aromatic carbocycles. The lowest BCUT2D eigenvalue weighted by molar-refractivity contribution is -0.133. The number of aromatic nitrogens is 3. The summed E-state index contributed by atoms with van der Waals surface area (Å²) in [7, 11) is 1.72. The maximum absolute atomic E-state index is 13.1. The molecule has 0 spiro atoms. The first-order valence-electron chi connectivity index (χ1n) is 11.1. The molecule has 1 fully saturated rings. The van der Waals surface area contributed by atoms with Gasteiger partial charge in [0.25, 0.3) is 0 Å². The van der Waals surface area contributed by atoms with Crippen molar-refractivity contribution in [3.8, 4) is 0 Å². The number of amides is 1. The number of para-hydroxylation sites is 2. The van der Waals surface area contributed by atoms with Crippen LogP contribution in [0.5, 0.6) is 0 Å². The molecule has 1 aliphatic heterocycles. The zero-order valence-electron chi connectivity index (χ0n) is 18.4. The van der Waals surface area contributed by atoms with Crippen LogP contribution in [0.25, 0.3) is 11.0 Å². The Kier molecular flexibility index (Phi) is 5.58. The number of nitrogens with zero attached hydrogens (tertiary/aromatic N) is 4. The number of oxazole rings is 1. The van der Waals surface area contributed by atoms with Crippen molar-refractivity contribution in [2.24, 2.45) is 7.05 Å². The van der Waals surface area contributed by atoms with Gasteiger partial charge >= 0.3 is 5.69 Å². The maximum atomic E-state index is 13.1. The Labute approximate surface area is 190 Å². The van der Waals surface area contributed by atoms with Gasteiger partial charge in [0, 0.05) is 26.6 Å². The summed E-state index contributed by atoms with van der Waals surface area (Å²) < 4.78 is 22.2. The van der Waals surface area contributed by atoms with Gasteiger partial charge in [-0.05, 0) is 42.7 Å². The summed E-state index contributed by atoms with van der Waals surface area (Å²) in [5.74, 6) is 0.981. The number of rotatable bonds is 5. The predicted molar refractivity (Wildman–Crippen MR) is 121 cm³/mol. The largest absolute Gasteiger partial charge is 0.445 e. The lowest BCUT2D eigenvalue weighted by Crippen LogP contribution is -2.42. The minimum absolute atomic E-state index is 0.00824. The SMILES string of the molecule is Cn1c(=O)n(CC(=O)N2CCCC(c3ncc(Cc4ccc(F)cc4)o3)C2)c2ccccc21. The number of halogens is 1. The van der Waals surface area contributed by atoms with Gasteiger partial charge in [-0.3, -0.25) is 13.9 Å². The van der Waals surface area contributed by atoms with Crippen LogP contribution in [-0.4, -0.2) is 38.0 Å². The van der Waals surface area contributed by atoms with Crippen molar-refractivity contribution in [2.75, 3.05) is 13.1 Å². The standard InChI is InChI=1S/C25H25FN4O3/c1-28-21-6-2-3-7-22(21)30(25(28)32)16-23(31)29-12-4-5-18(15-29)24-27-14-20(33-24)13-17-8-10-19(26)11-9-17/h2-3,6-11,14,18H,4-5,12-13,15-16H2,1H3. The average molecular weight is 448 g/mol. The van der Waals surface area contributed by atoms with Crippen LogP contribution in [0.2, 0.25) is 0 Å². The molecule has 2 aromatic heterocycles. The zero-order chi connectivity index (χ0) is 22.9. The third-order valence-corrected chi connectivity index (χ3v) is 6.33. The van der Waals surface area contributed by atoms with Crippen molar-refractivity contribution in [1.82, 2.24) is 19.0 Å². The first kappa shape index (κ1) is 21.2. The minimum Gasteiger partial charge on any atom is -0.445 e. The normalized spacial score (nSPS) is 16.4. The molecule has 4 aromatic rings. The van der Waals surface area contributed by atoms with Gasteiger partial charge in [-0.15, -0.1) is 0 Å². The molecular formula is C25H25FN4O3. The van der Waals surface area contributed by atoms with Gasteiger partial charge in [-0.1, -0.05) is 24.3 Å². The summed E-state index contributed by atoms with van der Waals surface area (Å²) in [6, 6.07) is 13.8. The second kappa shape index (κ2) is 8.69. The summed E-state index contributed by atoms with van der Waals surface area (Å²) in [6.07, 6.45) is 3.97. The highest BCUT2D eigenvalue weighted by molar-refractivity contribution is 5.81. The van der Waals surface area contributed by atoms with Crippen LogP contribution in [-0.2, 0) is 24.8 Å². The third kappa shape index (κ3) is 4.20. The highest BCUT2D eigenvalue weighted by Crippen LogP contribution is 2.27. The monoisotopic (exact) mass is 448 g/mol. The van der Waals surface area contributed by atoms with Crippen molar-refractivity contribution in [1.29, 1.82) is 0 Å². The molecule has 8 heteroatoms. The number of likely N-dealkylation sites (tertiary alicyclic amines) is 1. The van der Waals surface area contributed by atoms with Gasteiger partial charge in [0.05, 0.1) is 23.1 Å². The van der Waals surface area contributed by atoms with Gasteiger partial charge < -0.3 is 9.32 Å². The fourth-order valence-corrected chi connectivity index (χ4v) is 4.55. The van der Waals surface area contributed by atoms with Crippen LogP contribution >= 0.6 is 0 Å². The van der Waals surface area contributed by atoms with Crippen LogP contribution in [0.15, 0.2) is 63.9 Å². The lowest BCUT2D eigenvalue weighted by atomic mass is 9.98. The van der Waals surface area contributed by atoms with E-state index in [4.69, 9.17) is 4.42 Å². The summed E-state index contributed by atoms with van der Waals surface area (Å²) >= 11 is 0. The smallest absolute Gasteiger partial charge is 0.329 e.